The number of nitrogens with zero attached hydrogens (tertiary/aromatic N) is 3. The average molecular weight is 239 g/mol. The van der Waals surface area contributed by atoms with Crippen molar-refractivity contribution < 1.29 is 0 Å². The third-order valence-corrected chi connectivity index (χ3v) is 3.09. The zero-order chi connectivity index (χ0) is 12.9. The van der Waals surface area contributed by atoms with E-state index in [2.05, 4.69) is 49.6 Å². The van der Waals surface area contributed by atoms with Crippen LogP contribution in [-0.2, 0) is 0 Å². The number of unbranched alkanes of at least 4 members (excludes halogenated alkanes) is 1. The molecule has 1 aliphatic heterocycles. The van der Waals surface area contributed by atoms with Crippen LogP contribution in [0.25, 0.3) is 0 Å². The van der Waals surface area contributed by atoms with E-state index in [4.69, 9.17) is 0 Å². The quantitative estimate of drug-likeness (QED) is 0.706. The minimum absolute atomic E-state index is 0.356. The Kier molecular flexibility index (Phi) is 5.29. The Balaban J connectivity index is 2.61. The molecule has 0 saturated heterocycles. The standard InChI is InChI=1S/C14H29N3/c1-6-8-10-16-12-15-17(9-7-2)13(16)11-14(3,4)5/h12-13H,6-11H2,1-5H3. The molecule has 3 heteroatoms. The van der Waals surface area contributed by atoms with Crippen molar-refractivity contribution in [3.8, 4) is 0 Å². The lowest BCUT2D eigenvalue weighted by atomic mass is 9.90. The molecule has 1 rings (SSSR count). The zero-order valence-corrected chi connectivity index (χ0v) is 12.2. The number of hydrazone groups is 1. The first-order chi connectivity index (χ1) is 7.98. The van der Waals surface area contributed by atoms with Gasteiger partial charge in [0, 0.05) is 13.1 Å². The lowest BCUT2D eigenvalue weighted by molar-refractivity contribution is 0.0878. The highest BCUT2D eigenvalue weighted by Gasteiger charge is 2.30. The monoisotopic (exact) mass is 239 g/mol. The maximum Gasteiger partial charge on any atom is 0.119 e. The Hall–Kier alpha value is -0.730. The zero-order valence-electron chi connectivity index (χ0n) is 12.2. The maximum atomic E-state index is 4.56. The minimum Gasteiger partial charge on any atom is -0.339 e. The maximum absolute atomic E-state index is 4.56. The molecule has 3 nitrogen and oxygen atoms in total. The Labute approximate surface area is 107 Å². The van der Waals surface area contributed by atoms with Gasteiger partial charge in [-0.05, 0) is 24.7 Å². The van der Waals surface area contributed by atoms with Gasteiger partial charge < -0.3 is 4.90 Å². The molecular formula is C14H29N3. The number of rotatable bonds is 6. The Morgan fingerprint density at radius 3 is 2.35 bits per heavy atom. The Morgan fingerprint density at radius 1 is 1.12 bits per heavy atom. The van der Waals surface area contributed by atoms with Crippen LogP contribution < -0.4 is 0 Å². The van der Waals surface area contributed by atoms with Gasteiger partial charge in [0.1, 0.15) is 12.5 Å². The van der Waals surface area contributed by atoms with E-state index in [9.17, 15) is 0 Å². The molecule has 0 radical (unpaired) electrons. The molecule has 0 saturated carbocycles. The summed E-state index contributed by atoms with van der Waals surface area (Å²) >= 11 is 0. The van der Waals surface area contributed by atoms with Crippen molar-refractivity contribution in [2.75, 3.05) is 13.1 Å². The second-order valence-corrected chi connectivity index (χ2v) is 6.23. The van der Waals surface area contributed by atoms with Crippen LogP contribution in [0, 0.1) is 5.41 Å². The predicted molar refractivity (Wildman–Crippen MR) is 75.0 cm³/mol. The van der Waals surface area contributed by atoms with Crippen LogP contribution >= 0.6 is 0 Å². The molecule has 100 valence electrons. The van der Waals surface area contributed by atoms with Gasteiger partial charge >= 0.3 is 0 Å². The van der Waals surface area contributed by atoms with E-state index in [1.54, 1.807) is 0 Å². The van der Waals surface area contributed by atoms with Gasteiger partial charge in [-0.3, -0.25) is 5.01 Å². The average Bonchev–Trinajstić information content (AvgIpc) is 2.57. The number of hydrogen-bond donors (Lipinski definition) is 0. The first kappa shape index (κ1) is 14.3. The van der Waals surface area contributed by atoms with Gasteiger partial charge in [0.05, 0.1) is 0 Å². The van der Waals surface area contributed by atoms with Gasteiger partial charge in [-0.1, -0.05) is 41.0 Å². The summed E-state index contributed by atoms with van der Waals surface area (Å²) in [5, 5.41) is 6.82. The lowest BCUT2D eigenvalue weighted by Gasteiger charge is -2.35. The van der Waals surface area contributed by atoms with Gasteiger partial charge in [-0.15, -0.1) is 0 Å². The largest absolute Gasteiger partial charge is 0.339 e. The van der Waals surface area contributed by atoms with Crippen LogP contribution in [0.2, 0.25) is 0 Å². The molecule has 0 bridgehead atoms. The molecule has 0 aliphatic carbocycles. The fourth-order valence-corrected chi connectivity index (χ4v) is 2.21. The van der Waals surface area contributed by atoms with Gasteiger partial charge in [-0.2, -0.15) is 5.10 Å². The first-order valence-electron chi connectivity index (χ1n) is 7.04. The lowest BCUT2D eigenvalue weighted by Crippen LogP contribution is -2.42. The molecule has 0 spiro atoms. The SMILES string of the molecule is CCCCN1C=NN(CCC)C1CC(C)(C)C. The van der Waals surface area contributed by atoms with E-state index in [1.165, 1.54) is 25.7 Å². The summed E-state index contributed by atoms with van der Waals surface area (Å²) in [7, 11) is 0. The van der Waals surface area contributed by atoms with Crippen molar-refractivity contribution in [2.24, 2.45) is 10.5 Å². The second kappa shape index (κ2) is 6.27. The van der Waals surface area contributed by atoms with E-state index in [0.29, 0.717) is 11.6 Å². The molecule has 0 aromatic rings. The Bertz CT molecular complexity index is 242. The molecule has 0 amide bonds. The first-order valence-corrected chi connectivity index (χ1v) is 7.04. The van der Waals surface area contributed by atoms with Crippen molar-refractivity contribution >= 4 is 6.34 Å². The summed E-state index contributed by atoms with van der Waals surface area (Å²) in [5.41, 5.74) is 0.356. The smallest absolute Gasteiger partial charge is 0.119 e. The second-order valence-electron chi connectivity index (χ2n) is 6.23. The van der Waals surface area contributed by atoms with Crippen LogP contribution in [0.4, 0.5) is 0 Å². The molecular weight excluding hydrogens is 210 g/mol. The van der Waals surface area contributed by atoms with Crippen LogP contribution in [0.5, 0.6) is 0 Å². The van der Waals surface area contributed by atoms with Crippen LogP contribution in [0.3, 0.4) is 0 Å². The summed E-state index contributed by atoms with van der Waals surface area (Å²) in [5.74, 6) is 0. The van der Waals surface area contributed by atoms with E-state index in [1.807, 2.05) is 6.34 Å². The fraction of sp³-hybridized carbons (Fsp3) is 0.929. The summed E-state index contributed by atoms with van der Waals surface area (Å²) in [6.07, 6.45) is 7.37. The van der Waals surface area contributed by atoms with Gasteiger partial charge in [-0.25, -0.2) is 0 Å². The third kappa shape index (κ3) is 4.57. The summed E-state index contributed by atoms with van der Waals surface area (Å²) < 4.78 is 0. The minimum atomic E-state index is 0.356. The van der Waals surface area contributed by atoms with Crippen LogP contribution in [0.1, 0.15) is 60.3 Å². The molecule has 1 aliphatic rings. The normalized spacial score (nSPS) is 20.4. The van der Waals surface area contributed by atoms with E-state index in [-0.39, 0.29) is 0 Å². The topological polar surface area (TPSA) is 18.8 Å². The third-order valence-electron chi connectivity index (χ3n) is 3.09. The highest BCUT2D eigenvalue weighted by molar-refractivity contribution is 5.57. The molecule has 0 fully saturated rings. The summed E-state index contributed by atoms with van der Waals surface area (Å²) in [4.78, 5) is 2.42. The van der Waals surface area contributed by atoms with Crippen LogP contribution in [-0.4, -0.2) is 35.5 Å². The molecule has 1 heterocycles. The molecule has 1 atom stereocenters. The van der Waals surface area contributed by atoms with Crippen LogP contribution in [0.15, 0.2) is 5.10 Å². The molecule has 0 aromatic heterocycles. The van der Waals surface area contributed by atoms with Crippen molar-refractivity contribution in [3.63, 3.8) is 0 Å². The van der Waals surface area contributed by atoms with Crippen molar-refractivity contribution in [1.29, 1.82) is 0 Å². The molecule has 17 heavy (non-hydrogen) atoms. The predicted octanol–water partition coefficient (Wildman–Crippen LogP) is 3.52. The van der Waals surface area contributed by atoms with Crippen molar-refractivity contribution in [3.05, 3.63) is 0 Å². The van der Waals surface area contributed by atoms with Crippen molar-refractivity contribution in [1.82, 2.24) is 9.91 Å². The summed E-state index contributed by atoms with van der Waals surface area (Å²) in [6, 6.07) is 0. The van der Waals surface area contributed by atoms with E-state index in [0.717, 1.165) is 13.1 Å². The highest BCUT2D eigenvalue weighted by Crippen LogP contribution is 2.28. The van der Waals surface area contributed by atoms with Gasteiger partial charge in [0.2, 0.25) is 0 Å². The number of hydrogen-bond acceptors (Lipinski definition) is 3. The van der Waals surface area contributed by atoms with E-state index < -0.39 is 0 Å². The molecule has 1 unspecified atom stereocenters. The van der Waals surface area contributed by atoms with Gasteiger partial charge in [0.15, 0.2) is 0 Å². The molecule has 0 N–H and O–H groups in total. The fourth-order valence-electron chi connectivity index (χ4n) is 2.21. The van der Waals surface area contributed by atoms with Crippen molar-refractivity contribution in [2.45, 2.75) is 66.5 Å². The Morgan fingerprint density at radius 2 is 1.82 bits per heavy atom. The van der Waals surface area contributed by atoms with E-state index >= 15 is 0 Å². The highest BCUT2D eigenvalue weighted by atomic mass is 15.6. The van der Waals surface area contributed by atoms with Gasteiger partial charge in [0.25, 0.3) is 0 Å². The summed E-state index contributed by atoms with van der Waals surface area (Å²) in [6.45, 7) is 13.6. The molecule has 0 aromatic carbocycles.